The maximum absolute atomic E-state index is 12.0. The van der Waals surface area contributed by atoms with Crippen LogP contribution in [0.25, 0.3) is 16.8 Å². The molecule has 2 heterocycles. The van der Waals surface area contributed by atoms with Crippen molar-refractivity contribution >= 4 is 0 Å². The van der Waals surface area contributed by atoms with E-state index in [1.54, 1.807) is 0 Å². The van der Waals surface area contributed by atoms with Crippen LogP contribution in [0.5, 0.6) is 5.88 Å². The van der Waals surface area contributed by atoms with E-state index >= 15 is 0 Å². The van der Waals surface area contributed by atoms with Crippen LogP contribution in [0.3, 0.4) is 0 Å². The van der Waals surface area contributed by atoms with Crippen LogP contribution in [0.1, 0.15) is 42.5 Å². The van der Waals surface area contributed by atoms with E-state index in [1.165, 1.54) is 11.1 Å². The van der Waals surface area contributed by atoms with E-state index in [-0.39, 0.29) is 0 Å². The van der Waals surface area contributed by atoms with E-state index in [1.807, 2.05) is 48.0 Å². The molecule has 1 aliphatic heterocycles. The van der Waals surface area contributed by atoms with Crippen molar-refractivity contribution < 1.29 is 9.84 Å². The number of aromatic nitrogens is 2. The molecule has 0 amide bonds. The van der Waals surface area contributed by atoms with Gasteiger partial charge in [-0.15, -0.1) is 0 Å². The van der Waals surface area contributed by atoms with Crippen molar-refractivity contribution in [2.45, 2.75) is 50.2 Å². The Bertz CT molecular complexity index is 1280. The number of fused-ring (bicyclic) bond motifs is 2. The molecule has 0 unspecified atom stereocenters. The predicted molar refractivity (Wildman–Crippen MR) is 130 cm³/mol. The van der Waals surface area contributed by atoms with E-state index in [0.29, 0.717) is 12.3 Å². The second-order valence-electron chi connectivity index (χ2n) is 9.41. The summed E-state index contributed by atoms with van der Waals surface area (Å²) in [5.41, 5.74) is 6.04. The summed E-state index contributed by atoms with van der Waals surface area (Å²) in [4.78, 5) is 0. The van der Waals surface area contributed by atoms with Crippen LogP contribution < -0.4 is 4.74 Å². The first-order valence-electron chi connectivity index (χ1n) is 11.8. The summed E-state index contributed by atoms with van der Waals surface area (Å²) in [5.74, 6) is -0.578. The molecule has 4 heteroatoms. The molecule has 0 bridgehead atoms. The standard InChI is InChI=1S/C29H28N2O2/c1-21-26-20-28(24-16-14-23(15-17-24)22-10-4-2-5-11-22)18-8-9-19-29(28,32)33-27(26)31(30-21)25-12-6-3-7-13-25/h2-7,10-17,32H,8-9,18-20H2,1H3/t28-,29+/m1/s1. The fraction of sp³-hybridized carbons (Fsp3) is 0.276. The number of aliphatic hydroxyl groups is 1. The predicted octanol–water partition coefficient (Wildman–Crippen LogP) is 5.98. The fourth-order valence-electron chi connectivity index (χ4n) is 5.74. The molecular formula is C29H28N2O2. The van der Waals surface area contributed by atoms with Crippen LogP contribution in [0.4, 0.5) is 0 Å². The van der Waals surface area contributed by atoms with Crippen LogP contribution in [0, 0.1) is 6.92 Å². The lowest BCUT2D eigenvalue weighted by atomic mass is 9.61. The zero-order valence-electron chi connectivity index (χ0n) is 18.9. The lowest BCUT2D eigenvalue weighted by Crippen LogP contribution is -2.61. The monoisotopic (exact) mass is 436 g/mol. The third-order valence-electron chi connectivity index (χ3n) is 7.54. The second-order valence-corrected chi connectivity index (χ2v) is 9.41. The van der Waals surface area contributed by atoms with Gasteiger partial charge in [0.05, 0.1) is 16.8 Å². The molecule has 33 heavy (non-hydrogen) atoms. The van der Waals surface area contributed by atoms with Gasteiger partial charge < -0.3 is 9.84 Å². The van der Waals surface area contributed by atoms with Gasteiger partial charge in [0.25, 0.3) is 0 Å². The largest absolute Gasteiger partial charge is 0.444 e. The van der Waals surface area contributed by atoms with E-state index in [2.05, 4.69) is 48.5 Å². The summed E-state index contributed by atoms with van der Waals surface area (Å²) in [5, 5.41) is 16.9. The smallest absolute Gasteiger partial charge is 0.222 e. The van der Waals surface area contributed by atoms with Gasteiger partial charge in [0.2, 0.25) is 11.7 Å². The molecule has 6 rings (SSSR count). The van der Waals surface area contributed by atoms with Gasteiger partial charge in [-0.2, -0.15) is 5.10 Å². The zero-order valence-corrected chi connectivity index (χ0v) is 18.9. The van der Waals surface area contributed by atoms with Crippen LogP contribution in [0.15, 0.2) is 84.9 Å². The van der Waals surface area contributed by atoms with E-state index in [4.69, 9.17) is 9.84 Å². The summed E-state index contributed by atoms with van der Waals surface area (Å²) < 4.78 is 8.41. The Balaban J connectivity index is 1.45. The average Bonchev–Trinajstić information content (AvgIpc) is 3.17. The van der Waals surface area contributed by atoms with Gasteiger partial charge in [-0.3, -0.25) is 0 Å². The van der Waals surface area contributed by atoms with Gasteiger partial charge in [-0.05, 0) is 55.0 Å². The average molecular weight is 437 g/mol. The molecule has 2 aliphatic rings. The van der Waals surface area contributed by atoms with Crippen LogP contribution in [-0.4, -0.2) is 20.7 Å². The molecule has 4 aromatic rings. The molecule has 0 saturated heterocycles. The van der Waals surface area contributed by atoms with E-state index in [9.17, 15) is 5.11 Å². The maximum Gasteiger partial charge on any atom is 0.222 e. The summed E-state index contributed by atoms with van der Waals surface area (Å²) in [6.45, 7) is 2.04. The van der Waals surface area contributed by atoms with Gasteiger partial charge >= 0.3 is 0 Å². The van der Waals surface area contributed by atoms with Crippen molar-refractivity contribution in [2.75, 3.05) is 0 Å². The highest BCUT2D eigenvalue weighted by atomic mass is 16.6. The van der Waals surface area contributed by atoms with E-state index < -0.39 is 11.2 Å². The third kappa shape index (κ3) is 3.12. The maximum atomic E-state index is 12.0. The lowest BCUT2D eigenvalue weighted by Gasteiger charge is -2.52. The quantitative estimate of drug-likeness (QED) is 0.430. The summed E-state index contributed by atoms with van der Waals surface area (Å²) in [6.07, 6.45) is 4.26. The van der Waals surface area contributed by atoms with Gasteiger partial charge in [-0.25, -0.2) is 4.68 Å². The van der Waals surface area contributed by atoms with Crippen LogP contribution >= 0.6 is 0 Å². The number of rotatable bonds is 3. The Hall–Kier alpha value is -3.37. The first-order chi connectivity index (χ1) is 16.1. The second kappa shape index (κ2) is 7.60. The minimum absolute atomic E-state index is 0.483. The highest BCUT2D eigenvalue weighted by Gasteiger charge is 2.59. The van der Waals surface area contributed by atoms with Gasteiger partial charge in [0, 0.05) is 12.0 Å². The van der Waals surface area contributed by atoms with Crippen molar-refractivity contribution in [3.05, 3.63) is 102 Å². The number of nitrogens with zero attached hydrogens (tertiary/aromatic N) is 2. The molecule has 1 fully saturated rings. The van der Waals surface area contributed by atoms with Crippen molar-refractivity contribution in [2.24, 2.45) is 0 Å². The number of aryl methyl sites for hydroxylation is 1. The Morgan fingerprint density at radius 3 is 2.18 bits per heavy atom. The highest BCUT2D eigenvalue weighted by molar-refractivity contribution is 5.64. The Morgan fingerprint density at radius 1 is 0.818 bits per heavy atom. The number of ether oxygens (including phenoxy) is 1. The molecule has 0 spiro atoms. The lowest BCUT2D eigenvalue weighted by molar-refractivity contribution is -0.222. The Labute approximate surface area is 194 Å². The normalized spacial score (nSPS) is 23.9. The Kier molecular flexibility index (Phi) is 4.66. The Morgan fingerprint density at radius 2 is 1.45 bits per heavy atom. The van der Waals surface area contributed by atoms with E-state index in [0.717, 1.165) is 48.2 Å². The number of para-hydroxylation sites is 1. The first-order valence-corrected chi connectivity index (χ1v) is 11.8. The summed E-state index contributed by atoms with van der Waals surface area (Å²) >= 11 is 0. The minimum atomic E-state index is -1.26. The molecule has 3 aromatic carbocycles. The molecule has 1 N–H and O–H groups in total. The third-order valence-corrected chi connectivity index (χ3v) is 7.54. The molecule has 1 saturated carbocycles. The summed E-state index contributed by atoms with van der Waals surface area (Å²) in [7, 11) is 0. The zero-order chi connectivity index (χ0) is 22.5. The van der Waals surface area contributed by atoms with Crippen molar-refractivity contribution in [1.82, 2.24) is 9.78 Å². The molecule has 2 atom stereocenters. The van der Waals surface area contributed by atoms with Crippen molar-refractivity contribution in [3.8, 4) is 22.7 Å². The fourth-order valence-corrected chi connectivity index (χ4v) is 5.74. The SMILES string of the molecule is Cc1nn(-c2ccccc2)c2c1C[C@@]1(c3ccc(-c4ccccc4)cc3)CCCC[C@]1(O)O2. The summed E-state index contributed by atoms with van der Waals surface area (Å²) in [6, 6.07) is 29.1. The molecule has 1 aromatic heterocycles. The molecule has 166 valence electrons. The molecule has 4 nitrogen and oxygen atoms in total. The first kappa shape index (κ1) is 20.3. The van der Waals surface area contributed by atoms with Crippen molar-refractivity contribution in [3.63, 3.8) is 0 Å². The number of hydrogen-bond donors (Lipinski definition) is 1. The highest BCUT2D eigenvalue weighted by Crippen LogP contribution is 2.54. The topological polar surface area (TPSA) is 47.3 Å². The number of benzene rings is 3. The van der Waals surface area contributed by atoms with Gasteiger partial charge in [-0.1, -0.05) is 79.2 Å². The van der Waals surface area contributed by atoms with Crippen LogP contribution in [0.2, 0.25) is 0 Å². The van der Waals surface area contributed by atoms with Crippen LogP contribution in [-0.2, 0) is 11.8 Å². The van der Waals surface area contributed by atoms with Crippen molar-refractivity contribution in [1.29, 1.82) is 0 Å². The molecule has 0 radical (unpaired) electrons. The molecular weight excluding hydrogens is 408 g/mol. The number of hydrogen-bond acceptors (Lipinski definition) is 3. The molecule has 1 aliphatic carbocycles. The van der Waals surface area contributed by atoms with Gasteiger partial charge in [0.15, 0.2) is 0 Å². The van der Waals surface area contributed by atoms with Gasteiger partial charge in [0.1, 0.15) is 0 Å². The minimum Gasteiger partial charge on any atom is -0.444 e.